The number of phosphoric ester groups is 1. The third-order valence-corrected chi connectivity index (χ3v) is 3.24. The van der Waals surface area contributed by atoms with Crippen molar-refractivity contribution in [2.45, 2.75) is 37.0 Å². The van der Waals surface area contributed by atoms with Gasteiger partial charge in [-0.15, -0.1) is 0 Å². The molecule has 0 amide bonds. The molecule has 1 saturated heterocycles. The third-order valence-electron chi connectivity index (χ3n) is 2.21. The van der Waals surface area contributed by atoms with Crippen molar-refractivity contribution in [3.63, 3.8) is 0 Å². The summed E-state index contributed by atoms with van der Waals surface area (Å²) in [5.41, 5.74) is 0. The van der Waals surface area contributed by atoms with Gasteiger partial charge in [-0.3, -0.25) is 9.05 Å². The maximum Gasteiger partial charge on any atom is 0.472 e. The van der Waals surface area contributed by atoms with Gasteiger partial charge in [0.15, 0.2) is 0 Å². The Morgan fingerprint density at radius 3 is 2.11 bits per heavy atom. The van der Waals surface area contributed by atoms with Crippen molar-refractivity contribution in [3.05, 3.63) is 0 Å². The van der Waals surface area contributed by atoms with E-state index in [0.29, 0.717) is 0 Å². The van der Waals surface area contributed by atoms with Gasteiger partial charge in [0, 0.05) is 6.42 Å². The molecule has 12 heteroatoms. The number of hydrogen-bond acceptors (Lipinski definition) is 3. The van der Waals surface area contributed by atoms with Crippen LogP contribution in [0, 0.1) is 0 Å². The highest BCUT2D eigenvalue weighted by Crippen LogP contribution is 2.54. The lowest BCUT2D eigenvalue weighted by Crippen LogP contribution is -2.53. The lowest BCUT2D eigenvalue weighted by Gasteiger charge is -2.35. The number of halogens is 7. The van der Waals surface area contributed by atoms with Crippen LogP contribution in [-0.4, -0.2) is 35.6 Å². The summed E-state index contributed by atoms with van der Waals surface area (Å²) in [5.74, 6) is -10.7. The van der Waals surface area contributed by atoms with Crippen LogP contribution >= 0.6 is 7.82 Å². The van der Waals surface area contributed by atoms with Gasteiger partial charge in [0.2, 0.25) is 0 Å². The molecule has 0 saturated carbocycles. The molecule has 0 radical (unpaired) electrons. The van der Waals surface area contributed by atoms with Gasteiger partial charge in [-0.2, -0.15) is 30.7 Å². The second-order valence-corrected chi connectivity index (χ2v) is 5.21. The first kappa shape index (κ1) is 16.7. The van der Waals surface area contributed by atoms with E-state index in [4.69, 9.17) is 4.89 Å². The Balaban J connectivity index is 2.92. The normalized spacial score (nSPS) is 30.4. The lowest BCUT2D eigenvalue weighted by molar-refractivity contribution is -0.291. The van der Waals surface area contributed by atoms with Gasteiger partial charge < -0.3 is 4.89 Å². The summed E-state index contributed by atoms with van der Waals surface area (Å²) in [5, 5.41) is 0. The molecule has 1 aliphatic heterocycles. The summed E-state index contributed by atoms with van der Waals surface area (Å²) in [6.45, 7) is -0.809. The van der Waals surface area contributed by atoms with Crippen LogP contribution in [-0.2, 0) is 13.6 Å². The van der Waals surface area contributed by atoms with Crippen molar-refractivity contribution in [3.8, 4) is 0 Å². The third kappa shape index (κ3) is 4.04. The zero-order valence-corrected chi connectivity index (χ0v) is 9.86. The van der Waals surface area contributed by atoms with Crippen LogP contribution in [0.1, 0.15) is 12.8 Å². The van der Waals surface area contributed by atoms with Crippen molar-refractivity contribution >= 4 is 7.82 Å². The molecular weight excluding hydrogens is 312 g/mol. The Morgan fingerprint density at radius 2 is 1.68 bits per heavy atom. The van der Waals surface area contributed by atoms with E-state index in [-0.39, 0.29) is 0 Å². The number of alkyl halides is 7. The molecule has 2 atom stereocenters. The molecule has 0 bridgehead atoms. The summed E-state index contributed by atoms with van der Waals surface area (Å²) < 4.78 is 107. The van der Waals surface area contributed by atoms with Gasteiger partial charge in [-0.25, -0.2) is 4.57 Å². The fourth-order valence-electron chi connectivity index (χ4n) is 1.37. The smallest absolute Gasteiger partial charge is 0.302 e. The molecule has 1 N–H and O–H groups in total. The number of rotatable bonds is 3. The first-order valence-corrected chi connectivity index (χ1v) is 6.24. The minimum atomic E-state index is -5.53. The Morgan fingerprint density at radius 1 is 1.16 bits per heavy atom. The fourth-order valence-corrected chi connectivity index (χ4v) is 2.33. The quantitative estimate of drug-likeness (QED) is 0.641. The van der Waals surface area contributed by atoms with Crippen LogP contribution in [0.3, 0.4) is 0 Å². The monoisotopic (exact) mass is 320 g/mol. The molecule has 1 heterocycles. The molecule has 19 heavy (non-hydrogen) atoms. The number of phosphoric acid groups is 1. The van der Waals surface area contributed by atoms with Crippen LogP contribution in [0.2, 0.25) is 0 Å². The predicted molar refractivity (Wildman–Crippen MR) is 45.8 cm³/mol. The van der Waals surface area contributed by atoms with Gasteiger partial charge in [0.1, 0.15) is 12.5 Å². The Labute approximate surface area is 102 Å². The Kier molecular flexibility index (Phi) is 4.27. The van der Waals surface area contributed by atoms with Crippen molar-refractivity contribution < 1.29 is 49.2 Å². The average molecular weight is 320 g/mol. The molecule has 0 aromatic heterocycles. The second kappa shape index (κ2) is 4.87. The van der Waals surface area contributed by atoms with Gasteiger partial charge >= 0.3 is 25.8 Å². The lowest BCUT2D eigenvalue weighted by atomic mass is 10.0. The van der Waals surface area contributed by atoms with E-state index in [0.717, 1.165) is 0 Å². The van der Waals surface area contributed by atoms with Crippen LogP contribution in [0.4, 0.5) is 30.7 Å². The Hall–Kier alpha value is -0.380. The summed E-state index contributed by atoms with van der Waals surface area (Å²) in [6.07, 6.45) is -12.4. The summed E-state index contributed by atoms with van der Waals surface area (Å²) in [6, 6.07) is 0. The molecule has 4 nitrogen and oxygen atoms in total. The maximum absolute atomic E-state index is 13.3. The zero-order chi connectivity index (χ0) is 15.1. The standard InChI is InChI=1S/C7H8F7O4P/c8-5(9,3-6(10,11)12)7(13,14)4-1-2-17-19(15,16)18-4/h4H,1-3H2,(H,15,16). The van der Waals surface area contributed by atoms with Gasteiger partial charge in [0.25, 0.3) is 0 Å². The molecule has 114 valence electrons. The molecule has 0 aromatic carbocycles. The van der Waals surface area contributed by atoms with Crippen LogP contribution in [0.15, 0.2) is 0 Å². The number of hydrogen-bond donors (Lipinski definition) is 1. The maximum atomic E-state index is 13.3. The average Bonchev–Trinajstić information content (AvgIpc) is 2.11. The van der Waals surface area contributed by atoms with Crippen LogP contribution in [0.5, 0.6) is 0 Å². The largest absolute Gasteiger partial charge is 0.472 e. The van der Waals surface area contributed by atoms with E-state index < -0.39 is 51.4 Å². The summed E-state index contributed by atoms with van der Waals surface area (Å²) in [7, 11) is -4.95. The van der Waals surface area contributed by atoms with Gasteiger partial charge in [-0.05, 0) is 0 Å². The minimum absolute atomic E-state index is 0.809. The Bertz CT molecular complexity index is 382. The molecule has 1 rings (SSSR count). The van der Waals surface area contributed by atoms with Crippen molar-refractivity contribution in [2.75, 3.05) is 6.61 Å². The highest BCUT2D eigenvalue weighted by atomic mass is 31.2. The molecular formula is C7H8F7O4P. The SMILES string of the molecule is O=P1(O)OCCC(C(F)(F)C(F)(F)CC(F)(F)F)O1. The first-order valence-electron chi connectivity index (χ1n) is 4.75. The van der Waals surface area contributed by atoms with E-state index in [9.17, 15) is 35.3 Å². The first-order chi connectivity index (χ1) is 8.27. The van der Waals surface area contributed by atoms with E-state index in [1.165, 1.54) is 0 Å². The molecule has 0 spiro atoms. The van der Waals surface area contributed by atoms with Crippen LogP contribution < -0.4 is 0 Å². The minimum Gasteiger partial charge on any atom is -0.302 e. The molecule has 2 unspecified atom stereocenters. The zero-order valence-electron chi connectivity index (χ0n) is 8.96. The molecule has 1 fully saturated rings. The van der Waals surface area contributed by atoms with Gasteiger partial charge in [-0.1, -0.05) is 0 Å². The molecule has 1 aliphatic rings. The van der Waals surface area contributed by atoms with E-state index in [2.05, 4.69) is 9.05 Å². The van der Waals surface area contributed by atoms with Gasteiger partial charge in [0.05, 0.1) is 6.61 Å². The topological polar surface area (TPSA) is 55.8 Å². The summed E-state index contributed by atoms with van der Waals surface area (Å²) >= 11 is 0. The van der Waals surface area contributed by atoms with E-state index in [1.807, 2.05) is 0 Å². The second-order valence-electron chi connectivity index (χ2n) is 3.80. The highest BCUT2D eigenvalue weighted by molar-refractivity contribution is 7.47. The van der Waals surface area contributed by atoms with Crippen molar-refractivity contribution in [2.24, 2.45) is 0 Å². The fraction of sp³-hybridized carbons (Fsp3) is 1.00. The molecule has 0 aromatic rings. The van der Waals surface area contributed by atoms with Crippen molar-refractivity contribution in [1.82, 2.24) is 0 Å². The molecule has 0 aliphatic carbocycles. The highest BCUT2D eigenvalue weighted by Gasteiger charge is 2.66. The predicted octanol–water partition coefficient (Wildman–Crippen LogP) is 3.12. The van der Waals surface area contributed by atoms with Crippen molar-refractivity contribution in [1.29, 1.82) is 0 Å². The van der Waals surface area contributed by atoms with E-state index >= 15 is 0 Å². The summed E-state index contributed by atoms with van der Waals surface area (Å²) in [4.78, 5) is 8.72. The van der Waals surface area contributed by atoms with E-state index in [1.54, 1.807) is 0 Å². The van der Waals surface area contributed by atoms with Crippen LogP contribution in [0.25, 0.3) is 0 Å².